The number of benzene rings is 1. The third-order valence-corrected chi connectivity index (χ3v) is 1.97. The van der Waals surface area contributed by atoms with Crippen molar-refractivity contribution in [3.05, 3.63) is 49.7 Å². The van der Waals surface area contributed by atoms with Crippen LogP contribution in [-0.2, 0) is 39.1 Å². The molecule has 0 aliphatic heterocycles. The van der Waals surface area contributed by atoms with Crippen molar-refractivity contribution in [2.75, 3.05) is 6.16 Å². The van der Waals surface area contributed by atoms with E-state index in [4.69, 9.17) is 7.85 Å². The van der Waals surface area contributed by atoms with Crippen molar-refractivity contribution in [3.8, 4) is 0 Å². The van der Waals surface area contributed by atoms with Crippen molar-refractivity contribution in [2.45, 2.75) is 70.1 Å². The van der Waals surface area contributed by atoms with Crippen LogP contribution in [0.2, 0.25) is 6.32 Å². The van der Waals surface area contributed by atoms with Gasteiger partial charge in [-0.1, -0.05) is 80.8 Å². The van der Waals surface area contributed by atoms with E-state index in [1.54, 1.807) is 6.92 Å². The molecule has 3 heteroatoms. The molecule has 23 heavy (non-hydrogen) atoms. The molecule has 139 valence electrons. The van der Waals surface area contributed by atoms with Crippen molar-refractivity contribution in [3.63, 3.8) is 0 Å². The Bertz CT molecular complexity index is 216. The molecule has 0 aliphatic carbocycles. The summed E-state index contributed by atoms with van der Waals surface area (Å²) in [7, 11) is 7.84. The smallest absolute Gasteiger partial charge is 0.0621 e. The predicted molar refractivity (Wildman–Crippen MR) is 119 cm³/mol. The van der Waals surface area contributed by atoms with Crippen molar-refractivity contribution in [1.82, 2.24) is 0 Å². The van der Waals surface area contributed by atoms with Crippen LogP contribution >= 0.6 is 9.24 Å². The van der Waals surface area contributed by atoms with E-state index >= 15 is 0 Å². The number of hydrogen-bond acceptors (Lipinski definition) is 0. The summed E-state index contributed by atoms with van der Waals surface area (Å²) in [4.78, 5) is 0. The summed E-state index contributed by atoms with van der Waals surface area (Å²) in [5.74, 6) is 0.412. The van der Waals surface area contributed by atoms with Gasteiger partial charge < -0.3 is 13.8 Å². The Morgan fingerprint density at radius 1 is 1.00 bits per heavy atom. The third kappa shape index (κ3) is 51.8. The molecule has 3 radical (unpaired) electrons. The molecule has 0 aromatic heterocycles. The van der Waals surface area contributed by atoms with Gasteiger partial charge in [-0.25, -0.2) is 0 Å². The van der Waals surface area contributed by atoms with E-state index in [1.807, 2.05) is 26.8 Å². The first-order valence-corrected chi connectivity index (χ1v) is 7.50. The second kappa shape index (κ2) is 49.5. The van der Waals surface area contributed by atoms with Gasteiger partial charge >= 0.3 is 0 Å². The molecule has 1 aromatic rings. The largest absolute Gasteiger partial charge is 0.346 e. The SMILES string of the molecule is C.C.C.C.CC.PCCc1ccccc1.[B]CC([CH2-])C.[CH2-]C.[Y]. The Labute approximate surface area is 180 Å². The first-order valence-electron chi connectivity index (χ1n) is 6.68. The topological polar surface area (TPSA) is 0 Å². The molecule has 0 heterocycles. The zero-order valence-corrected chi connectivity index (χ0v) is 17.2. The minimum atomic E-state index is 0. The molecular weight excluding hydrogens is 371 g/mol. The van der Waals surface area contributed by atoms with Crippen LogP contribution < -0.4 is 0 Å². The quantitative estimate of drug-likeness (QED) is 0.271. The summed E-state index contributed by atoms with van der Waals surface area (Å²) >= 11 is 0. The summed E-state index contributed by atoms with van der Waals surface area (Å²) in [5.41, 5.74) is 1.42. The van der Waals surface area contributed by atoms with Crippen LogP contribution in [0.5, 0.6) is 0 Å². The monoisotopic (exact) mass is 417 g/mol. The first kappa shape index (κ1) is 49.6. The van der Waals surface area contributed by atoms with Gasteiger partial charge in [-0.2, -0.15) is 12.8 Å². The molecular formula is C20H46BPY-2. The number of rotatable bonds is 3. The Hall–Kier alpha value is 0.819. The van der Waals surface area contributed by atoms with Gasteiger partial charge in [-0.3, -0.25) is 0 Å². The first-order chi connectivity index (χ1) is 8.70. The second-order valence-electron chi connectivity index (χ2n) is 3.37. The molecule has 0 saturated carbocycles. The Kier molecular flexibility index (Phi) is 107. The molecule has 2 atom stereocenters. The third-order valence-electron chi connectivity index (χ3n) is 1.68. The van der Waals surface area contributed by atoms with E-state index < -0.39 is 0 Å². The van der Waals surface area contributed by atoms with Gasteiger partial charge in [0.1, 0.15) is 0 Å². The van der Waals surface area contributed by atoms with Gasteiger partial charge in [0.25, 0.3) is 0 Å². The molecule has 0 fully saturated rings. The fourth-order valence-electron chi connectivity index (χ4n) is 0.811. The molecule has 0 nitrogen and oxygen atoms in total. The average Bonchev–Trinajstić information content (AvgIpc) is 2.45. The maximum Gasteiger partial charge on any atom is 0.0621 e. The standard InChI is InChI=1S/C8H11P.C4H8B.C2H6.C2H5.4CH4.Y/c9-7-6-8-4-2-1-3-5-8;1-4(2)3-5;2*1-2;;;;;/h1-5H,6-7,9H2;4H,1,3H2,2H3;1-2H3;1H2,2H3;4*1H4;/q;-1;;-1;;;;;. The van der Waals surface area contributed by atoms with Gasteiger partial charge in [0.2, 0.25) is 0 Å². The van der Waals surface area contributed by atoms with Crippen molar-refractivity contribution >= 4 is 17.1 Å². The fourth-order valence-corrected chi connectivity index (χ4v) is 1.14. The normalized spacial score (nSPS) is 7.43. The van der Waals surface area contributed by atoms with E-state index in [-0.39, 0.29) is 62.4 Å². The van der Waals surface area contributed by atoms with Gasteiger partial charge in [-0.05, 0) is 18.1 Å². The second-order valence-corrected chi connectivity index (χ2v) is 3.94. The summed E-state index contributed by atoms with van der Waals surface area (Å²) < 4.78 is 0. The van der Waals surface area contributed by atoms with Crippen molar-refractivity contribution in [2.24, 2.45) is 5.92 Å². The Balaban J connectivity index is -0.0000000240. The minimum Gasteiger partial charge on any atom is -0.346 e. The zero-order valence-electron chi connectivity index (χ0n) is 13.2. The summed E-state index contributed by atoms with van der Waals surface area (Å²) in [6, 6.07) is 10.5. The van der Waals surface area contributed by atoms with Gasteiger partial charge in [-0.15, -0.1) is 15.6 Å². The fraction of sp³-hybridized carbons (Fsp3) is 0.600. The molecule has 0 N–H and O–H groups in total. The molecule has 0 saturated heterocycles. The van der Waals surface area contributed by atoms with Gasteiger partial charge in [0.05, 0.1) is 7.85 Å². The van der Waals surface area contributed by atoms with Crippen LogP contribution in [0, 0.1) is 19.8 Å². The van der Waals surface area contributed by atoms with Gasteiger partial charge in [0.15, 0.2) is 0 Å². The average molecular weight is 417 g/mol. The van der Waals surface area contributed by atoms with Crippen molar-refractivity contribution in [1.29, 1.82) is 0 Å². The summed E-state index contributed by atoms with van der Waals surface area (Å²) in [6.45, 7) is 14.6. The number of aryl methyl sites for hydroxylation is 1. The van der Waals surface area contributed by atoms with Crippen LogP contribution in [-0.4, -0.2) is 14.0 Å². The van der Waals surface area contributed by atoms with E-state index in [0.29, 0.717) is 12.2 Å². The molecule has 2 unspecified atom stereocenters. The Morgan fingerprint density at radius 2 is 1.30 bits per heavy atom. The molecule has 1 rings (SSSR count). The molecule has 0 spiro atoms. The summed E-state index contributed by atoms with van der Waals surface area (Å²) in [5, 5.41) is 0. The number of hydrogen-bond donors (Lipinski definition) is 0. The van der Waals surface area contributed by atoms with E-state index in [0.717, 1.165) is 6.16 Å². The molecule has 1 aromatic carbocycles. The van der Waals surface area contributed by atoms with Crippen LogP contribution in [0.25, 0.3) is 0 Å². The molecule has 0 aliphatic rings. The molecule has 0 amide bonds. The van der Waals surface area contributed by atoms with Crippen LogP contribution in [0.15, 0.2) is 30.3 Å². The van der Waals surface area contributed by atoms with E-state index in [1.165, 1.54) is 12.0 Å². The van der Waals surface area contributed by atoms with E-state index in [9.17, 15) is 0 Å². The van der Waals surface area contributed by atoms with E-state index in [2.05, 4.69) is 47.4 Å². The van der Waals surface area contributed by atoms with Crippen LogP contribution in [0.3, 0.4) is 0 Å². The van der Waals surface area contributed by atoms with Crippen LogP contribution in [0.4, 0.5) is 0 Å². The summed E-state index contributed by atoms with van der Waals surface area (Å²) in [6.07, 6.45) is 3.02. The Morgan fingerprint density at radius 3 is 1.52 bits per heavy atom. The zero-order chi connectivity index (χ0) is 14.8. The minimum absolute atomic E-state index is 0. The molecule has 0 bridgehead atoms. The predicted octanol–water partition coefficient (Wildman–Crippen LogP) is 7.56. The maximum atomic E-state index is 5.11. The van der Waals surface area contributed by atoms with Gasteiger partial charge in [0, 0.05) is 32.7 Å². The van der Waals surface area contributed by atoms with Crippen LogP contribution in [0.1, 0.15) is 63.0 Å². The maximum absolute atomic E-state index is 5.11. The van der Waals surface area contributed by atoms with Crippen molar-refractivity contribution < 1.29 is 32.7 Å².